The minimum Gasteiger partial charge on any atom is -0.445 e. The fourth-order valence-corrected chi connectivity index (χ4v) is 2.26. The number of hydrogen-bond acceptors (Lipinski definition) is 4. The van der Waals surface area contributed by atoms with E-state index in [1.165, 1.54) is 0 Å². The summed E-state index contributed by atoms with van der Waals surface area (Å²) in [5, 5.41) is 2.61. The molecule has 0 saturated carbocycles. The van der Waals surface area contributed by atoms with Crippen LogP contribution in [0.5, 0.6) is 0 Å². The van der Waals surface area contributed by atoms with Gasteiger partial charge in [0, 0.05) is 0 Å². The van der Waals surface area contributed by atoms with Crippen molar-refractivity contribution in [3.63, 3.8) is 0 Å². The Kier molecular flexibility index (Phi) is 5.52. The number of benzene rings is 1. The number of nitrogens with one attached hydrogen (secondary N) is 1. The first-order valence-electron chi connectivity index (χ1n) is 7.44. The molecule has 1 aliphatic heterocycles. The van der Waals surface area contributed by atoms with E-state index in [9.17, 15) is 14.4 Å². The second kappa shape index (κ2) is 7.59. The summed E-state index contributed by atoms with van der Waals surface area (Å²) in [5.74, 6) is -0.510. The number of unbranched alkanes of at least 4 members (excludes halogenated alkanes) is 1. The molecule has 1 aromatic rings. The molecule has 2 rings (SSSR count). The molecule has 6 nitrogen and oxygen atoms in total. The lowest BCUT2D eigenvalue weighted by Crippen LogP contribution is -2.60. The molecule has 1 heterocycles. The molecule has 118 valence electrons. The summed E-state index contributed by atoms with van der Waals surface area (Å²) in [7, 11) is 0. The van der Waals surface area contributed by atoms with Crippen LogP contribution in [0.2, 0.25) is 0 Å². The SMILES string of the molecule is CCCCC(NC(=O)OCc1ccccc1)N1C(=O)CC1=O. The highest BCUT2D eigenvalue weighted by Gasteiger charge is 2.40. The van der Waals surface area contributed by atoms with Crippen LogP contribution in [-0.4, -0.2) is 29.0 Å². The topological polar surface area (TPSA) is 75.7 Å². The molecule has 0 spiro atoms. The van der Waals surface area contributed by atoms with E-state index in [0.29, 0.717) is 6.42 Å². The van der Waals surface area contributed by atoms with Crippen molar-refractivity contribution in [2.45, 2.75) is 45.4 Å². The van der Waals surface area contributed by atoms with Gasteiger partial charge in [0.15, 0.2) is 0 Å². The second-order valence-corrected chi connectivity index (χ2v) is 5.20. The lowest BCUT2D eigenvalue weighted by Gasteiger charge is -2.36. The lowest BCUT2D eigenvalue weighted by molar-refractivity contribution is -0.161. The normalized spacial score (nSPS) is 15.2. The van der Waals surface area contributed by atoms with Crippen LogP contribution >= 0.6 is 0 Å². The lowest BCUT2D eigenvalue weighted by atomic mass is 10.1. The van der Waals surface area contributed by atoms with Gasteiger partial charge in [-0.15, -0.1) is 0 Å². The largest absolute Gasteiger partial charge is 0.445 e. The van der Waals surface area contributed by atoms with Crippen LogP contribution in [0.4, 0.5) is 4.79 Å². The molecular formula is C16H20N2O4. The molecule has 1 aliphatic rings. The zero-order chi connectivity index (χ0) is 15.9. The maximum Gasteiger partial charge on any atom is 0.409 e. The maximum absolute atomic E-state index is 11.9. The number of amides is 3. The van der Waals surface area contributed by atoms with Crippen LogP contribution in [0.25, 0.3) is 0 Å². The molecule has 1 fully saturated rings. The van der Waals surface area contributed by atoms with Crippen molar-refractivity contribution < 1.29 is 19.1 Å². The Morgan fingerprint density at radius 1 is 1.27 bits per heavy atom. The minimum absolute atomic E-state index is 0.0800. The van der Waals surface area contributed by atoms with Gasteiger partial charge in [0.05, 0.1) is 0 Å². The number of likely N-dealkylation sites (tertiary alicyclic amines) is 1. The van der Waals surface area contributed by atoms with E-state index in [1.54, 1.807) is 0 Å². The summed E-state index contributed by atoms with van der Waals surface area (Å²) in [6, 6.07) is 9.30. The Labute approximate surface area is 129 Å². The second-order valence-electron chi connectivity index (χ2n) is 5.20. The van der Waals surface area contributed by atoms with Crippen molar-refractivity contribution in [1.29, 1.82) is 0 Å². The van der Waals surface area contributed by atoms with Crippen molar-refractivity contribution in [3.05, 3.63) is 35.9 Å². The van der Waals surface area contributed by atoms with Crippen molar-refractivity contribution in [2.24, 2.45) is 0 Å². The molecule has 1 atom stereocenters. The van der Waals surface area contributed by atoms with E-state index < -0.39 is 12.3 Å². The highest BCUT2D eigenvalue weighted by atomic mass is 16.5. The number of imide groups is 1. The summed E-state index contributed by atoms with van der Waals surface area (Å²) in [6.07, 6.45) is 0.931. The van der Waals surface area contributed by atoms with Gasteiger partial charge >= 0.3 is 6.09 Å². The number of hydrogen-bond donors (Lipinski definition) is 1. The highest BCUT2D eigenvalue weighted by Crippen LogP contribution is 2.18. The smallest absolute Gasteiger partial charge is 0.409 e. The van der Waals surface area contributed by atoms with Crippen LogP contribution in [0.15, 0.2) is 30.3 Å². The van der Waals surface area contributed by atoms with E-state index in [4.69, 9.17) is 4.74 Å². The first-order valence-corrected chi connectivity index (χ1v) is 7.44. The number of carbonyl (C=O) groups is 3. The maximum atomic E-state index is 11.9. The number of carbonyl (C=O) groups excluding carboxylic acids is 3. The molecular weight excluding hydrogens is 284 g/mol. The van der Waals surface area contributed by atoms with Crippen LogP contribution in [0, 0.1) is 0 Å². The summed E-state index contributed by atoms with van der Waals surface area (Å²) in [5.41, 5.74) is 0.874. The van der Waals surface area contributed by atoms with Gasteiger partial charge in [-0.3, -0.25) is 14.5 Å². The molecule has 0 aliphatic carbocycles. The quantitative estimate of drug-likeness (QED) is 0.619. The van der Waals surface area contributed by atoms with E-state index in [0.717, 1.165) is 23.3 Å². The number of ether oxygens (including phenoxy) is 1. The molecule has 0 aromatic heterocycles. The molecule has 22 heavy (non-hydrogen) atoms. The van der Waals surface area contributed by atoms with Gasteiger partial charge in [-0.1, -0.05) is 43.7 Å². The van der Waals surface area contributed by atoms with Gasteiger partial charge < -0.3 is 10.1 Å². The molecule has 3 amide bonds. The fourth-order valence-electron chi connectivity index (χ4n) is 2.26. The van der Waals surface area contributed by atoms with Crippen molar-refractivity contribution in [1.82, 2.24) is 10.2 Å². The molecule has 6 heteroatoms. The van der Waals surface area contributed by atoms with E-state index in [-0.39, 0.29) is 24.8 Å². The van der Waals surface area contributed by atoms with Crippen molar-refractivity contribution in [3.8, 4) is 0 Å². The van der Waals surface area contributed by atoms with Crippen LogP contribution in [0.1, 0.15) is 38.2 Å². The highest BCUT2D eigenvalue weighted by molar-refractivity contribution is 6.15. The standard InChI is InChI=1S/C16H20N2O4/c1-2-3-9-13(18-14(19)10-15(18)20)17-16(21)22-11-12-7-5-4-6-8-12/h4-8,13H,2-3,9-11H2,1H3,(H,17,21). The molecule has 1 N–H and O–H groups in total. The average molecular weight is 304 g/mol. The summed E-state index contributed by atoms with van der Waals surface area (Å²) in [6.45, 7) is 2.15. The van der Waals surface area contributed by atoms with Crippen molar-refractivity contribution >= 4 is 17.9 Å². The average Bonchev–Trinajstić information content (AvgIpc) is 2.51. The van der Waals surface area contributed by atoms with E-state index in [2.05, 4.69) is 5.32 Å². The summed E-state index contributed by atoms with van der Waals surface area (Å²) in [4.78, 5) is 36.0. The third kappa shape index (κ3) is 4.07. The van der Waals surface area contributed by atoms with Crippen molar-refractivity contribution in [2.75, 3.05) is 0 Å². The van der Waals surface area contributed by atoms with E-state index in [1.807, 2.05) is 37.3 Å². The predicted molar refractivity (Wildman–Crippen MR) is 79.5 cm³/mol. The monoisotopic (exact) mass is 304 g/mol. The number of nitrogens with zero attached hydrogens (tertiary/aromatic N) is 1. The summed E-state index contributed by atoms with van der Waals surface area (Å²) >= 11 is 0. The van der Waals surface area contributed by atoms with Crippen LogP contribution < -0.4 is 5.32 Å². The molecule has 0 bridgehead atoms. The summed E-state index contributed by atoms with van der Waals surface area (Å²) < 4.78 is 5.13. The minimum atomic E-state index is -0.627. The zero-order valence-corrected chi connectivity index (χ0v) is 12.6. The first-order chi connectivity index (χ1) is 10.6. The van der Waals surface area contributed by atoms with Crippen LogP contribution in [0.3, 0.4) is 0 Å². The van der Waals surface area contributed by atoms with E-state index >= 15 is 0 Å². The molecule has 0 radical (unpaired) electrons. The Morgan fingerprint density at radius 2 is 1.95 bits per heavy atom. The Hall–Kier alpha value is -2.37. The van der Waals surface area contributed by atoms with Gasteiger partial charge in [-0.05, 0) is 18.4 Å². The number of rotatable bonds is 7. The fraction of sp³-hybridized carbons (Fsp3) is 0.438. The third-order valence-electron chi connectivity index (χ3n) is 3.48. The number of β-lactam (4-membered cyclic amide) rings is 2. The van der Waals surface area contributed by atoms with Gasteiger partial charge in [-0.25, -0.2) is 4.79 Å². The third-order valence-corrected chi connectivity index (χ3v) is 3.48. The Morgan fingerprint density at radius 3 is 2.55 bits per heavy atom. The molecule has 1 aromatic carbocycles. The zero-order valence-electron chi connectivity index (χ0n) is 12.6. The Bertz CT molecular complexity index is 530. The Balaban J connectivity index is 1.87. The van der Waals surface area contributed by atoms with Gasteiger partial charge in [0.25, 0.3) is 0 Å². The first kappa shape index (κ1) is 16.0. The predicted octanol–water partition coefficient (Wildman–Crippen LogP) is 2.19. The molecule has 1 saturated heterocycles. The van der Waals surface area contributed by atoms with Gasteiger partial charge in [0.1, 0.15) is 19.2 Å². The van der Waals surface area contributed by atoms with Gasteiger partial charge in [-0.2, -0.15) is 0 Å². The number of alkyl carbamates (subject to hydrolysis) is 1. The van der Waals surface area contributed by atoms with Crippen LogP contribution in [-0.2, 0) is 20.9 Å². The van der Waals surface area contributed by atoms with Gasteiger partial charge in [0.2, 0.25) is 11.8 Å². The molecule has 1 unspecified atom stereocenters.